The lowest BCUT2D eigenvalue weighted by molar-refractivity contribution is -0.118. The zero-order valence-corrected chi connectivity index (χ0v) is 11.5. The van der Waals surface area contributed by atoms with Crippen molar-refractivity contribution in [3.8, 4) is 0 Å². The average Bonchev–Trinajstić information content (AvgIpc) is 2.37. The van der Waals surface area contributed by atoms with Crippen LogP contribution in [0.1, 0.15) is 30.6 Å². The highest BCUT2D eigenvalue weighted by Gasteiger charge is 2.17. The Labute approximate surface area is 113 Å². The maximum Gasteiger partial charge on any atom is 0.335 e. The summed E-state index contributed by atoms with van der Waals surface area (Å²) < 4.78 is 0. The number of hydrogen-bond acceptors (Lipinski definition) is 3. The van der Waals surface area contributed by atoms with E-state index in [-0.39, 0.29) is 29.9 Å². The lowest BCUT2D eigenvalue weighted by Gasteiger charge is -2.21. The average molecular weight is 264 g/mol. The smallest absolute Gasteiger partial charge is 0.335 e. The second kappa shape index (κ2) is 6.33. The molecule has 1 unspecified atom stereocenters. The molecule has 1 atom stereocenters. The van der Waals surface area contributed by atoms with Crippen LogP contribution < -0.4 is 10.6 Å². The summed E-state index contributed by atoms with van der Waals surface area (Å²) in [6.45, 7) is 3.94. The van der Waals surface area contributed by atoms with Gasteiger partial charge in [0.05, 0.1) is 5.56 Å². The van der Waals surface area contributed by atoms with Crippen molar-refractivity contribution in [2.24, 2.45) is 11.7 Å². The Morgan fingerprint density at radius 2 is 1.79 bits per heavy atom. The highest BCUT2D eigenvalue weighted by Crippen LogP contribution is 2.16. The van der Waals surface area contributed by atoms with E-state index >= 15 is 0 Å². The van der Waals surface area contributed by atoms with Gasteiger partial charge in [0, 0.05) is 25.2 Å². The molecule has 0 spiro atoms. The third kappa shape index (κ3) is 4.06. The summed E-state index contributed by atoms with van der Waals surface area (Å²) in [5.74, 6) is -0.821. The van der Waals surface area contributed by atoms with Crippen LogP contribution in [-0.4, -0.2) is 30.1 Å². The Morgan fingerprint density at radius 3 is 2.21 bits per heavy atom. The predicted molar refractivity (Wildman–Crippen MR) is 74.2 cm³/mol. The molecular weight excluding hydrogens is 244 g/mol. The van der Waals surface area contributed by atoms with Crippen molar-refractivity contribution >= 4 is 17.6 Å². The molecule has 3 N–H and O–H groups in total. The fourth-order valence-electron chi connectivity index (χ4n) is 1.55. The van der Waals surface area contributed by atoms with Crippen LogP contribution in [0.4, 0.5) is 5.69 Å². The minimum atomic E-state index is -0.984. The number of hydrogen-bond donors (Lipinski definition) is 2. The molecular formula is C14H20N2O3. The van der Waals surface area contributed by atoms with E-state index in [4.69, 9.17) is 10.8 Å². The molecule has 0 aliphatic heterocycles. The van der Waals surface area contributed by atoms with Crippen LogP contribution in [0.25, 0.3) is 0 Å². The number of nitrogens with zero attached hydrogens (tertiary/aromatic N) is 1. The molecule has 19 heavy (non-hydrogen) atoms. The van der Waals surface area contributed by atoms with E-state index < -0.39 is 5.97 Å². The topological polar surface area (TPSA) is 83.6 Å². The number of benzene rings is 1. The summed E-state index contributed by atoms with van der Waals surface area (Å²) in [7, 11) is 1.66. The van der Waals surface area contributed by atoms with Crippen molar-refractivity contribution in [3.63, 3.8) is 0 Å². The Kier molecular flexibility index (Phi) is 5.06. The van der Waals surface area contributed by atoms with Gasteiger partial charge < -0.3 is 15.7 Å². The first-order valence-electron chi connectivity index (χ1n) is 6.18. The predicted octanol–water partition coefficient (Wildman–Crippen LogP) is 1.72. The van der Waals surface area contributed by atoms with Crippen LogP contribution in [-0.2, 0) is 4.79 Å². The van der Waals surface area contributed by atoms with E-state index in [1.54, 1.807) is 19.2 Å². The molecule has 0 saturated carbocycles. The molecule has 1 aromatic rings. The van der Waals surface area contributed by atoms with Crippen LogP contribution in [0.5, 0.6) is 0 Å². The van der Waals surface area contributed by atoms with Gasteiger partial charge in [-0.3, -0.25) is 4.79 Å². The lowest BCUT2D eigenvalue weighted by atomic mass is 10.0. The zero-order valence-electron chi connectivity index (χ0n) is 11.5. The van der Waals surface area contributed by atoms with E-state index in [0.717, 1.165) is 0 Å². The Bertz CT molecular complexity index is 454. The van der Waals surface area contributed by atoms with Crippen molar-refractivity contribution in [1.82, 2.24) is 0 Å². The number of carboxylic acid groups (broad SMARTS) is 1. The molecule has 0 radical (unpaired) electrons. The summed E-state index contributed by atoms with van der Waals surface area (Å²) in [4.78, 5) is 24.2. The molecule has 5 nitrogen and oxygen atoms in total. The normalized spacial score (nSPS) is 12.3. The third-order valence-electron chi connectivity index (χ3n) is 3.14. The number of carbonyl (C=O) groups excluding carboxylic acids is 1. The van der Waals surface area contributed by atoms with Crippen molar-refractivity contribution < 1.29 is 14.7 Å². The molecule has 0 heterocycles. The van der Waals surface area contributed by atoms with Crippen LogP contribution in [0.15, 0.2) is 24.3 Å². The van der Waals surface area contributed by atoms with Gasteiger partial charge in [-0.15, -0.1) is 0 Å². The second-order valence-corrected chi connectivity index (χ2v) is 4.92. The molecule has 5 heteroatoms. The highest BCUT2D eigenvalue weighted by molar-refractivity contribution is 5.94. The maximum atomic E-state index is 12.0. The number of amides is 1. The minimum Gasteiger partial charge on any atom is -0.478 e. The van der Waals surface area contributed by atoms with Gasteiger partial charge in [-0.1, -0.05) is 13.8 Å². The molecule has 1 amide bonds. The quantitative estimate of drug-likeness (QED) is 0.848. The van der Waals surface area contributed by atoms with Crippen molar-refractivity contribution in [3.05, 3.63) is 29.8 Å². The number of anilines is 1. The maximum absolute atomic E-state index is 12.0. The van der Waals surface area contributed by atoms with Crippen molar-refractivity contribution in [2.45, 2.75) is 26.3 Å². The largest absolute Gasteiger partial charge is 0.478 e. The molecule has 0 aliphatic carbocycles. The molecule has 0 saturated heterocycles. The number of aromatic carboxylic acids is 1. The molecule has 104 valence electrons. The van der Waals surface area contributed by atoms with Gasteiger partial charge in [-0.2, -0.15) is 0 Å². The van der Waals surface area contributed by atoms with Gasteiger partial charge in [-0.05, 0) is 30.2 Å². The monoisotopic (exact) mass is 264 g/mol. The zero-order chi connectivity index (χ0) is 14.6. The molecule has 0 fully saturated rings. The number of carbonyl (C=O) groups is 2. The van der Waals surface area contributed by atoms with Gasteiger partial charge >= 0.3 is 5.97 Å². The van der Waals surface area contributed by atoms with Gasteiger partial charge in [0.25, 0.3) is 0 Å². The van der Waals surface area contributed by atoms with Crippen molar-refractivity contribution in [2.75, 3.05) is 11.9 Å². The molecule has 1 rings (SSSR count). The standard InChI is InChI=1S/C14H20N2O3/c1-9(2)12(15)8-13(17)16(3)11-6-4-10(5-7-11)14(18)19/h4-7,9,12H,8,15H2,1-3H3,(H,18,19). The van der Waals surface area contributed by atoms with Gasteiger partial charge in [0.15, 0.2) is 0 Å². The Morgan fingerprint density at radius 1 is 1.26 bits per heavy atom. The van der Waals surface area contributed by atoms with Crippen molar-refractivity contribution in [1.29, 1.82) is 0 Å². The fraction of sp³-hybridized carbons (Fsp3) is 0.429. The summed E-state index contributed by atoms with van der Waals surface area (Å²) in [5, 5.41) is 8.81. The summed E-state index contributed by atoms with van der Waals surface area (Å²) >= 11 is 0. The van der Waals surface area contributed by atoms with Crippen LogP contribution in [0.2, 0.25) is 0 Å². The van der Waals surface area contributed by atoms with E-state index in [2.05, 4.69) is 0 Å². The number of nitrogens with two attached hydrogens (primary N) is 1. The van der Waals surface area contributed by atoms with Crippen LogP contribution >= 0.6 is 0 Å². The Balaban J connectivity index is 2.74. The van der Waals surface area contributed by atoms with E-state index in [1.807, 2.05) is 13.8 Å². The first-order valence-corrected chi connectivity index (χ1v) is 6.18. The SMILES string of the molecule is CC(C)C(N)CC(=O)N(C)c1ccc(C(=O)O)cc1. The molecule has 0 aromatic heterocycles. The summed E-state index contributed by atoms with van der Waals surface area (Å²) in [6, 6.07) is 6.01. The van der Waals surface area contributed by atoms with Crippen LogP contribution in [0, 0.1) is 5.92 Å². The van der Waals surface area contributed by atoms with Gasteiger partial charge in [0.1, 0.15) is 0 Å². The Hall–Kier alpha value is -1.88. The second-order valence-electron chi connectivity index (χ2n) is 4.92. The van der Waals surface area contributed by atoms with Gasteiger partial charge in [-0.25, -0.2) is 4.79 Å². The minimum absolute atomic E-state index is 0.0794. The summed E-state index contributed by atoms with van der Waals surface area (Å²) in [6.07, 6.45) is 0.273. The summed E-state index contributed by atoms with van der Waals surface area (Å²) in [5.41, 5.74) is 6.73. The first-order chi connectivity index (χ1) is 8.82. The number of carboxylic acids is 1. The van der Waals surface area contributed by atoms with E-state index in [9.17, 15) is 9.59 Å². The first kappa shape index (κ1) is 15.2. The molecule has 0 bridgehead atoms. The molecule has 0 aliphatic rings. The van der Waals surface area contributed by atoms with Gasteiger partial charge in [0.2, 0.25) is 5.91 Å². The van der Waals surface area contributed by atoms with Crippen LogP contribution in [0.3, 0.4) is 0 Å². The van der Waals surface area contributed by atoms with E-state index in [0.29, 0.717) is 5.69 Å². The highest BCUT2D eigenvalue weighted by atomic mass is 16.4. The number of rotatable bonds is 5. The fourth-order valence-corrected chi connectivity index (χ4v) is 1.55. The van der Waals surface area contributed by atoms with E-state index in [1.165, 1.54) is 17.0 Å². The third-order valence-corrected chi connectivity index (χ3v) is 3.14. The molecule has 1 aromatic carbocycles. The lowest BCUT2D eigenvalue weighted by Crippen LogP contribution is -2.36.